The summed E-state index contributed by atoms with van der Waals surface area (Å²) >= 11 is 0.664. The maximum atomic E-state index is 12.5. The largest absolute Gasteiger partial charge is 0.322 e. The number of nitrogens with two attached hydrogens (primary N) is 1. The number of sulfone groups is 1. The average molecular weight is 382 g/mol. The Kier molecular flexibility index (Phi) is 5.16. The molecule has 11 heteroatoms. The Bertz CT molecular complexity index is 813. The smallest absolute Gasteiger partial charge is 0.273 e. The van der Waals surface area contributed by atoms with Gasteiger partial charge in [0.1, 0.15) is 8.42 Å². The molecule has 2 atom stereocenters. The van der Waals surface area contributed by atoms with Crippen molar-refractivity contribution in [3.63, 3.8) is 0 Å². The number of nitrogens with one attached hydrogen (secondary N) is 2. The molecule has 1 amide bonds. The first-order valence-corrected chi connectivity index (χ1v) is 10.8. The monoisotopic (exact) mass is 381 g/mol. The number of amides is 1. The van der Waals surface area contributed by atoms with Crippen molar-refractivity contribution in [3.05, 3.63) is 11.6 Å². The van der Waals surface area contributed by atoms with Gasteiger partial charge in [-0.25, -0.2) is 21.6 Å². The van der Waals surface area contributed by atoms with Gasteiger partial charge in [-0.2, -0.15) is 0 Å². The van der Waals surface area contributed by atoms with E-state index in [0.29, 0.717) is 29.9 Å². The fraction of sp³-hybridized carbons (Fsp3) is 0.583. The van der Waals surface area contributed by atoms with Gasteiger partial charge in [0, 0.05) is 11.6 Å². The van der Waals surface area contributed by atoms with Crippen LogP contribution in [0.25, 0.3) is 0 Å². The summed E-state index contributed by atoms with van der Waals surface area (Å²) < 4.78 is 50.9. The van der Waals surface area contributed by atoms with Gasteiger partial charge in [-0.3, -0.25) is 4.79 Å². The molecule has 1 aromatic rings. The number of carbonyl (C=O) groups excluding carboxylic acids is 1. The van der Waals surface area contributed by atoms with Crippen LogP contribution in [0.3, 0.4) is 0 Å². The number of thiophene rings is 1. The van der Waals surface area contributed by atoms with Crippen LogP contribution in [0.2, 0.25) is 0 Å². The summed E-state index contributed by atoms with van der Waals surface area (Å²) in [6.45, 7) is 3.64. The minimum absolute atomic E-state index is 0.0442. The summed E-state index contributed by atoms with van der Waals surface area (Å²) in [6, 6.07) is 1.09. The number of fused-ring (bicyclic) bond motifs is 1. The molecule has 4 N–H and O–H groups in total. The minimum atomic E-state index is -4.12. The molecule has 1 aliphatic rings. The van der Waals surface area contributed by atoms with Crippen molar-refractivity contribution in [1.29, 1.82) is 0 Å². The second-order valence-electron chi connectivity index (χ2n) is 5.24. The SMILES string of the molecule is CCN[C@H]1C[C@H](C)S(=O)(=O)c2sc(S(=O)(=O)NC(=O)CN)cc21. The Hall–Kier alpha value is -1.01. The highest BCUT2D eigenvalue weighted by molar-refractivity contribution is 7.95. The first-order chi connectivity index (χ1) is 10.6. The number of sulfonamides is 1. The van der Waals surface area contributed by atoms with Gasteiger partial charge in [0.2, 0.25) is 5.91 Å². The lowest BCUT2D eigenvalue weighted by atomic mass is 10.1. The van der Waals surface area contributed by atoms with Crippen LogP contribution in [0.1, 0.15) is 31.9 Å². The van der Waals surface area contributed by atoms with E-state index < -0.39 is 37.6 Å². The third kappa shape index (κ3) is 3.43. The zero-order valence-electron chi connectivity index (χ0n) is 12.7. The van der Waals surface area contributed by atoms with E-state index >= 15 is 0 Å². The molecule has 1 aromatic heterocycles. The third-order valence-corrected chi connectivity index (χ3v) is 9.33. The van der Waals surface area contributed by atoms with Crippen LogP contribution in [0.4, 0.5) is 0 Å². The van der Waals surface area contributed by atoms with Crippen molar-refractivity contribution in [2.24, 2.45) is 5.73 Å². The lowest BCUT2D eigenvalue weighted by Crippen LogP contribution is -2.35. The number of hydrogen-bond donors (Lipinski definition) is 3. The molecule has 0 aliphatic carbocycles. The van der Waals surface area contributed by atoms with Crippen molar-refractivity contribution in [2.45, 2.75) is 40.0 Å². The molecular formula is C12H19N3O5S3. The summed E-state index contributed by atoms with van der Waals surface area (Å²) in [6.07, 6.45) is 0.370. The number of carbonyl (C=O) groups is 1. The Morgan fingerprint density at radius 2 is 2.13 bits per heavy atom. The highest BCUT2D eigenvalue weighted by Crippen LogP contribution is 2.42. The van der Waals surface area contributed by atoms with Crippen molar-refractivity contribution in [1.82, 2.24) is 10.0 Å². The fourth-order valence-corrected chi connectivity index (χ4v) is 7.41. The Morgan fingerprint density at radius 1 is 1.48 bits per heavy atom. The van der Waals surface area contributed by atoms with Gasteiger partial charge in [0.15, 0.2) is 9.84 Å². The van der Waals surface area contributed by atoms with E-state index in [1.165, 1.54) is 6.07 Å². The van der Waals surface area contributed by atoms with Gasteiger partial charge in [-0.15, -0.1) is 11.3 Å². The summed E-state index contributed by atoms with van der Waals surface area (Å²) in [5.41, 5.74) is 5.54. The van der Waals surface area contributed by atoms with Crippen molar-refractivity contribution in [3.8, 4) is 0 Å². The van der Waals surface area contributed by atoms with Crippen LogP contribution < -0.4 is 15.8 Å². The normalized spacial score (nSPS) is 23.3. The summed E-state index contributed by atoms with van der Waals surface area (Å²) in [5.74, 6) is -0.851. The molecule has 0 spiro atoms. The number of hydrogen-bond acceptors (Lipinski definition) is 8. The molecular weight excluding hydrogens is 362 g/mol. The van der Waals surface area contributed by atoms with Gasteiger partial charge in [-0.05, 0) is 26.0 Å². The maximum absolute atomic E-state index is 12.5. The molecule has 1 aliphatic heterocycles. The minimum Gasteiger partial charge on any atom is -0.322 e. The first-order valence-electron chi connectivity index (χ1n) is 7.00. The fourth-order valence-electron chi connectivity index (χ4n) is 2.41. The van der Waals surface area contributed by atoms with Crippen LogP contribution in [0.5, 0.6) is 0 Å². The van der Waals surface area contributed by atoms with E-state index in [1.54, 1.807) is 6.92 Å². The highest BCUT2D eigenvalue weighted by atomic mass is 32.3. The zero-order chi connectivity index (χ0) is 17.4. The van der Waals surface area contributed by atoms with Crippen LogP contribution in [0.15, 0.2) is 14.5 Å². The van der Waals surface area contributed by atoms with Crippen molar-refractivity contribution >= 4 is 37.1 Å². The Labute approximate surface area is 139 Å². The molecule has 0 saturated heterocycles. The topological polar surface area (TPSA) is 135 Å². The van der Waals surface area contributed by atoms with E-state index in [1.807, 2.05) is 11.6 Å². The molecule has 8 nitrogen and oxygen atoms in total. The molecule has 2 heterocycles. The molecule has 0 radical (unpaired) electrons. The molecule has 0 bridgehead atoms. The zero-order valence-corrected chi connectivity index (χ0v) is 15.1. The van der Waals surface area contributed by atoms with Crippen molar-refractivity contribution < 1.29 is 21.6 Å². The van der Waals surface area contributed by atoms with Crippen LogP contribution >= 0.6 is 11.3 Å². The predicted octanol–water partition coefficient (Wildman–Crippen LogP) is -0.272. The summed E-state index contributed by atoms with van der Waals surface area (Å²) in [7, 11) is -7.69. The molecule has 0 fully saturated rings. The highest BCUT2D eigenvalue weighted by Gasteiger charge is 2.39. The standard InChI is InChI=1S/C12H19N3O5S3/c1-3-14-9-4-7(2)22(17,18)12-8(9)5-11(21-12)23(19,20)15-10(16)6-13/h5,7,9,14H,3-4,6,13H2,1-2H3,(H,15,16)/t7-,9-/m0/s1. The third-order valence-electron chi connectivity index (χ3n) is 3.58. The Morgan fingerprint density at radius 3 is 2.70 bits per heavy atom. The Balaban J connectivity index is 2.53. The molecule has 0 saturated carbocycles. The van der Waals surface area contributed by atoms with Gasteiger partial charge >= 0.3 is 0 Å². The number of rotatable bonds is 5. The molecule has 130 valence electrons. The lowest BCUT2D eigenvalue weighted by Gasteiger charge is -2.27. The summed E-state index contributed by atoms with van der Waals surface area (Å²) in [5, 5.41) is 2.56. The van der Waals surface area contributed by atoms with E-state index in [2.05, 4.69) is 5.32 Å². The predicted molar refractivity (Wildman–Crippen MR) is 86.4 cm³/mol. The molecule has 0 unspecified atom stereocenters. The quantitative estimate of drug-likeness (QED) is 0.639. The second kappa shape index (κ2) is 6.48. The summed E-state index contributed by atoms with van der Waals surface area (Å²) in [4.78, 5) is 11.2. The first kappa shape index (κ1) is 18.3. The van der Waals surface area contributed by atoms with Gasteiger partial charge in [-0.1, -0.05) is 6.92 Å². The maximum Gasteiger partial charge on any atom is 0.273 e. The van der Waals surface area contributed by atoms with Gasteiger partial charge in [0.25, 0.3) is 10.0 Å². The molecule has 23 heavy (non-hydrogen) atoms. The van der Waals surface area contributed by atoms with Crippen molar-refractivity contribution in [2.75, 3.05) is 13.1 Å². The lowest BCUT2D eigenvalue weighted by molar-refractivity contribution is -0.118. The van der Waals surface area contributed by atoms with E-state index in [-0.39, 0.29) is 14.5 Å². The van der Waals surface area contributed by atoms with E-state index in [9.17, 15) is 21.6 Å². The van der Waals surface area contributed by atoms with E-state index in [0.717, 1.165) is 0 Å². The molecule has 2 rings (SSSR count). The van der Waals surface area contributed by atoms with Crippen LogP contribution in [-0.2, 0) is 24.7 Å². The van der Waals surface area contributed by atoms with Gasteiger partial charge < -0.3 is 11.1 Å². The molecule has 0 aromatic carbocycles. The average Bonchev–Trinajstić information content (AvgIpc) is 2.92. The van der Waals surface area contributed by atoms with Gasteiger partial charge in [0.05, 0.1) is 11.8 Å². The van der Waals surface area contributed by atoms with E-state index in [4.69, 9.17) is 5.73 Å². The second-order valence-corrected chi connectivity index (χ2v) is 10.8. The van der Waals surface area contributed by atoms with Crippen LogP contribution in [0, 0.1) is 0 Å². The van der Waals surface area contributed by atoms with Crippen LogP contribution in [-0.4, -0.2) is 41.1 Å².